The summed E-state index contributed by atoms with van der Waals surface area (Å²) in [4.78, 5) is 47.8. The first-order valence-corrected chi connectivity index (χ1v) is 10.3. The highest BCUT2D eigenvalue weighted by Crippen LogP contribution is 2.24. The van der Waals surface area contributed by atoms with E-state index in [1.165, 1.54) is 29.7 Å². The van der Waals surface area contributed by atoms with E-state index in [1.807, 2.05) is 7.05 Å². The van der Waals surface area contributed by atoms with Crippen LogP contribution in [0.3, 0.4) is 0 Å². The van der Waals surface area contributed by atoms with Crippen LogP contribution in [-0.4, -0.2) is 70.5 Å². The molecule has 1 atom stereocenters. The van der Waals surface area contributed by atoms with Crippen LogP contribution in [0.4, 0.5) is 5.82 Å². The largest absolute Gasteiger partial charge is 0.394 e. The molecule has 0 aromatic carbocycles. The standard InChI is InChI=1S/C18H21ClN6O4S/c1-25-5-4-12-13(8-25)30-18(23-12)17(29)22-11(9-26)7-21-15(27)16(28)24-14-3-2-10(19)6-20-14/h2-3,6,11,26H,4-5,7-9H2,1H3,(H,21,27)(H,22,29)(H,20,24,28)/t11-/m0/s1. The Bertz CT molecular complexity index is 935. The zero-order valence-corrected chi connectivity index (χ0v) is 17.7. The molecule has 0 aliphatic carbocycles. The predicted molar refractivity (Wildman–Crippen MR) is 111 cm³/mol. The van der Waals surface area contributed by atoms with Crippen molar-refractivity contribution in [2.24, 2.45) is 0 Å². The maximum atomic E-state index is 12.5. The van der Waals surface area contributed by atoms with Crippen LogP contribution >= 0.6 is 22.9 Å². The van der Waals surface area contributed by atoms with E-state index in [9.17, 15) is 19.5 Å². The number of likely N-dealkylation sites (N-methyl/N-ethyl adjacent to an activating group) is 1. The molecule has 3 rings (SSSR count). The molecule has 0 spiro atoms. The Balaban J connectivity index is 1.50. The molecule has 2 aromatic rings. The second kappa shape index (κ2) is 9.94. The normalized spacial score (nSPS) is 14.5. The molecule has 10 nitrogen and oxygen atoms in total. The van der Waals surface area contributed by atoms with Gasteiger partial charge in [0, 0.05) is 37.1 Å². The van der Waals surface area contributed by atoms with E-state index in [4.69, 9.17) is 11.6 Å². The van der Waals surface area contributed by atoms with Crippen molar-refractivity contribution in [2.75, 3.05) is 32.1 Å². The number of carbonyl (C=O) groups is 3. The Morgan fingerprint density at radius 1 is 1.33 bits per heavy atom. The fourth-order valence-electron chi connectivity index (χ4n) is 2.75. The van der Waals surface area contributed by atoms with Crippen molar-refractivity contribution >= 4 is 46.5 Å². The maximum Gasteiger partial charge on any atom is 0.314 e. The molecule has 30 heavy (non-hydrogen) atoms. The molecule has 0 bridgehead atoms. The third kappa shape index (κ3) is 5.72. The average Bonchev–Trinajstić information content (AvgIpc) is 3.15. The molecule has 12 heteroatoms. The number of aromatic nitrogens is 2. The zero-order valence-electron chi connectivity index (χ0n) is 16.1. The van der Waals surface area contributed by atoms with Crippen LogP contribution < -0.4 is 16.0 Å². The molecule has 3 heterocycles. The van der Waals surface area contributed by atoms with Gasteiger partial charge in [-0.2, -0.15) is 0 Å². The minimum Gasteiger partial charge on any atom is -0.394 e. The highest BCUT2D eigenvalue weighted by Gasteiger charge is 2.23. The second-order valence-corrected chi connectivity index (χ2v) is 8.28. The number of rotatable bonds is 6. The number of carbonyl (C=O) groups excluding carboxylic acids is 3. The Morgan fingerprint density at radius 3 is 2.83 bits per heavy atom. The molecule has 2 aromatic heterocycles. The molecule has 0 fully saturated rings. The second-order valence-electron chi connectivity index (χ2n) is 6.76. The van der Waals surface area contributed by atoms with Gasteiger partial charge in [-0.25, -0.2) is 9.97 Å². The predicted octanol–water partition coefficient (Wildman–Crippen LogP) is 0.0250. The van der Waals surface area contributed by atoms with Crippen molar-refractivity contribution < 1.29 is 19.5 Å². The third-order valence-corrected chi connectivity index (χ3v) is 5.66. The van der Waals surface area contributed by atoms with Crippen molar-refractivity contribution in [3.63, 3.8) is 0 Å². The van der Waals surface area contributed by atoms with E-state index >= 15 is 0 Å². The van der Waals surface area contributed by atoms with Gasteiger partial charge in [0.2, 0.25) is 0 Å². The molecule has 3 amide bonds. The van der Waals surface area contributed by atoms with Crippen LogP contribution in [0.5, 0.6) is 0 Å². The maximum absolute atomic E-state index is 12.5. The van der Waals surface area contributed by atoms with Crippen LogP contribution in [0.25, 0.3) is 0 Å². The van der Waals surface area contributed by atoms with Crippen LogP contribution in [0, 0.1) is 0 Å². The van der Waals surface area contributed by atoms with Gasteiger partial charge in [0.15, 0.2) is 5.01 Å². The third-order valence-electron chi connectivity index (χ3n) is 4.36. The summed E-state index contributed by atoms with van der Waals surface area (Å²) in [5, 5.41) is 17.6. The van der Waals surface area contributed by atoms with Crippen LogP contribution in [0.1, 0.15) is 20.4 Å². The minimum atomic E-state index is -0.926. The Hall–Kier alpha value is -2.60. The molecule has 1 aliphatic heterocycles. The number of nitrogens with one attached hydrogen (secondary N) is 3. The number of pyridine rings is 1. The SMILES string of the molecule is CN1CCc2nc(C(=O)N[C@H](CO)CNC(=O)C(=O)Nc3ccc(Cl)cn3)sc2C1. The smallest absolute Gasteiger partial charge is 0.314 e. The van der Waals surface area contributed by atoms with Gasteiger partial charge in [-0.15, -0.1) is 11.3 Å². The summed E-state index contributed by atoms with van der Waals surface area (Å²) in [6.45, 7) is 1.09. The van der Waals surface area contributed by atoms with Gasteiger partial charge in [-0.05, 0) is 19.2 Å². The first kappa shape index (κ1) is 22.1. The lowest BCUT2D eigenvalue weighted by molar-refractivity contribution is -0.136. The van der Waals surface area contributed by atoms with E-state index in [1.54, 1.807) is 0 Å². The topological polar surface area (TPSA) is 137 Å². The number of fused-ring (bicyclic) bond motifs is 1. The molecule has 0 saturated carbocycles. The molecule has 0 saturated heterocycles. The van der Waals surface area contributed by atoms with Crippen molar-refractivity contribution in [2.45, 2.75) is 19.0 Å². The van der Waals surface area contributed by atoms with Gasteiger partial charge < -0.3 is 26.0 Å². The highest BCUT2D eigenvalue weighted by molar-refractivity contribution is 7.13. The van der Waals surface area contributed by atoms with Crippen molar-refractivity contribution in [3.05, 3.63) is 38.9 Å². The molecular formula is C18H21ClN6O4S. The number of aliphatic hydroxyl groups excluding tert-OH is 1. The van der Waals surface area contributed by atoms with Crippen molar-refractivity contribution in [1.29, 1.82) is 0 Å². The molecule has 160 valence electrons. The quantitative estimate of drug-likeness (QED) is 0.453. The summed E-state index contributed by atoms with van der Waals surface area (Å²) >= 11 is 7.03. The monoisotopic (exact) mass is 452 g/mol. The van der Waals surface area contributed by atoms with E-state index in [0.29, 0.717) is 10.0 Å². The van der Waals surface area contributed by atoms with Gasteiger partial charge in [0.05, 0.1) is 23.4 Å². The summed E-state index contributed by atoms with van der Waals surface area (Å²) in [7, 11) is 2.01. The van der Waals surface area contributed by atoms with Crippen LogP contribution in [0.15, 0.2) is 18.3 Å². The minimum absolute atomic E-state index is 0.129. The molecular weight excluding hydrogens is 432 g/mol. The highest BCUT2D eigenvalue weighted by atomic mass is 35.5. The number of hydrogen-bond donors (Lipinski definition) is 4. The van der Waals surface area contributed by atoms with E-state index in [2.05, 4.69) is 30.8 Å². The number of anilines is 1. The summed E-state index contributed by atoms with van der Waals surface area (Å²) in [5.41, 5.74) is 0.921. The van der Waals surface area contributed by atoms with Crippen LogP contribution in [0.2, 0.25) is 5.02 Å². The van der Waals surface area contributed by atoms with Gasteiger partial charge in [-0.3, -0.25) is 14.4 Å². The molecule has 0 radical (unpaired) electrons. The lowest BCUT2D eigenvalue weighted by Gasteiger charge is -2.20. The number of thiazole rings is 1. The van der Waals surface area contributed by atoms with Gasteiger partial charge in [0.1, 0.15) is 5.82 Å². The fraction of sp³-hybridized carbons (Fsp3) is 0.389. The number of halogens is 1. The first-order chi connectivity index (χ1) is 14.4. The Labute approximate surface area is 181 Å². The summed E-state index contributed by atoms with van der Waals surface area (Å²) in [5.74, 6) is -2.11. The molecule has 4 N–H and O–H groups in total. The summed E-state index contributed by atoms with van der Waals surface area (Å²) < 4.78 is 0. The first-order valence-electron chi connectivity index (χ1n) is 9.15. The lowest BCUT2D eigenvalue weighted by atomic mass is 10.2. The van der Waals surface area contributed by atoms with E-state index in [0.717, 1.165) is 30.1 Å². The number of nitrogens with zero attached hydrogens (tertiary/aromatic N) is 3. The molecule has 0 unspecified atom stereocenters. The lowest BCUT2D eigenvalue weighted by Crippen LogP contribution is -2.48. The van der Waals surface area contributed by atoms with Gasteiger partial charge in [0.25, 0.3) is 5.91 Å². The number of hydrogen-bond acceptors (Lipinski definition) is 8. The van der Waals surface area contributed by atoms with Crippen molar-refractivity contribution in [1.82, 2.24) is 25.5 Å². The van der Waals surface area contributed by atoms with Crippen LogP contribution in [-0.2, 0) is 22.6 Å². The molecule has 1 aliphatic rings. The zero-order chi connectivity index (χ0) is 21.7. The number of amides is 3. The van der Waals surface area contributed by atoms with E-state index in [-0.39, 0.29) is 12.4 Å². The van der Waals surface area contributed by atoms with Gasteiger partial charge >= 0.3 is 11.8 Å². The summed E-state index contributed by atoms with van der Waals surface area (Å²) in [6.07, 6.45) is 2.12. The van der Waals surface area contributed by atoms with E-state index < -0.39 is 30.4 Å². The van der Waals surface area contributed by atoms with Crippen molar-refractivity contribution in [3.8, 4) is 0 Å². The Morgan fingerprint density at radius 2 is 2.13 bits per heavy atom. The van der Waals surface area contributed by atoms with Gasteiger partial charge in [-0.1, -0.05) is 11.6 Å². The number of aliphatic hydroxyl groups is 1. The average molecular weight is 453 g/mol. The Kier molecular flexibility index (Phi) is 7.32. The summed E-state index contributed by atoms with van der Waals surface area (Å²) in [6, 6.07) is 2.20. The fourth-order valence-corrected chi connectivity index (χ4v) is 3.95.